The van der Waals surface area contributed by atoms with Gasteiger partial charge in [-0.2, -0.15) is 5.10 Å². The van der Waals surface area contributed by atoms with Crippen molar-refractivity contribution in [3.05, 3.63) is 30.0 Å². The van der Waals surface area contributed by atoms with Gasteiger partial charge in [0.15, 0.2) is 0 Å². The van der Waals surface area contributed by atoms with Crippen LogP contribution in [-0.2, 0) is 13.0 Å². The molecule has 0 aliphatic heterocycles. The van der Waals surface area contributed by atoms with E-state index in [-0.39, 0.29) is 6.04 Å². The Kier molecular flexibility index (Phi) is 3.07. The maximum Gasteiger partial charge on any atom is 0.0732 e. The van der Waals surface area contributed by atoms with E-state index >= 15 is 0 Å². The number of aliphatic hydroxyl groups is 1. The van der Waals surface area contributed by atoms with Gasteiger partial charge in [-0.05, 0) is 32.3 Å². The van der Waals surface area contributed by atoms with Gasteiger partial charge >= 0.3 is 0 Å². The molecule has 102 valence electrons. The lowest BCUT2D eigenvalue weighted by atomic mass is 9.94. The van der Waals surface area contributed by atoms with Crippen molar-refractivity contribution in [2.45, 2.75) is 50.8 Å². The van der Waals surface area contributed by atoms with Gasteiger partial charge in [0.2, 0.25) is 0 Å². The van der Waals surface area contributed by atoms with Gasteiger partial charge in [0.1, 0.15) is 0 Å². The normalized spacial score (nSPS) is 27.2. The average molecular weight is 259 g/mol. The molecule has 1 saturated carbocycles. The molecule has 0 radical (unpaired) electrons. The number of nitrogens with zero attached hydrogens (tertiary/aromatic N) is 2. The second kappa shape index (κ2) is 4.62. The van der Waals surface area contributed by atoms with Crippen molar-refractivity contribution in [3.8, 4) is 0 Å². The zero-order chi connectivity index (χ0) is 13.5. The van der Waals surface area contributed by atoms with Crippen LogP contribution in [0.1, 0.15) is 31.9 Å². The summed E-state index contributed by atoms with van der Waals surface area (Å²) >= 11 is 0. The molecule has 3 rings (SSSR count). The summed E-state index contributed by atoms with van der Waals surface area (Å²) in [5.41, 5.74) is 7.39. The lowest BCUT2D eigenvalue weighted by Gasteiger charge is -2.21. The molecule has 1 aliphatic rings. The molecule has 1 aromatic carbocycles. The number of rotatable bonds is 3. The molecule has 4 nitrogen and oxygen atoms in total. The minimum absolute atomic E-state index is 0.129. The van der Waals surface area contributed by atoms with Crippen LogP contribution >= 0.6 is 0 Å². The molecule has 1 aromatic heterocycles. The Labute approximate surface area is 113 Å². The molecule has 0 saturated heterocycles. The number of benzene rings is 1. The summed E-state index contributed by atoms with van der Waals surface area (Å²) in [6, 6.07) is 8.35. The first kappa shape index (κ1) is 12.6. The van der Waals surface area contributed by atoms with Crippen LogP contribution in [0.15, 0.2) is 24.3 Å². The van der Waals surface area contributed by atoms with Gasteiger partial charge in [0, 0.05) is 24.4 Å². The number of para-hydroxylation sites is 1. The lowest BCUT2D eigenvalue weighted by Crippen LogP contribution is -2.30. The summed E-state index contributed by atoms with van der Waals surface area (Å²) < 4.78 is 2.00. The van der Waals surface area contributed by atoms with Crippen molar-refractivity contribution in [1.82, 2.24) is 9.78 Å². The van der Waals surface area contributed by atoms with Crippen molar-refractivity contribution in [2.24, 2.45) is 5.73 Å². The van der Waals surface area contributed by atoms with E-state index in [0.717, 1.165) is 36.0 Å². The Hall–Kier alpha value is -1.39. The SMILES string of the molecule is CCn1nc(CC2(O)CCC(N)C2)c2ccccc21. The molecule has 1 fully saturated rings. The first-order valence-corrected chi connectivity index (χ1v) is 7.04. The molecule has 2 unspecified atom stereocenters. The number of hydrogen-bond donors (Lipinski definition) is 2. The Morgan fingerprint density at radius 1 is 1.47 bits per heavy atom. The zero-order valence-corrected chi connectivity index (χ0v) is 11.3. The van der Waals surface area contributed by atoms with Gasteiger partial charge in [-0.1, -0.05) is 18.2 Å². The third-order valence-electron chi connectivity index (χ3n) is 4.15. The molecule has 3 N–H and O–H groups in total. The molecule has 0 spiro atoms. The number of aryl methyl sites for hydroxylation is 1. The van der Waals surface area contributed by atoms with Crippen LogP contribution in [0.4, 0.5) is 0 Å². The van der Waals surface area contributed by atoms with Crippen molar-refractivity contribution >= 4 is 10.9 Å². The van der Waals surface area contributed by atoms with E-state index < -0.39 is 5.60 Å². The summed E-state index contributed by atoms with van der Waals surface area (Å²) in [7, 11) is 0. The number of hydrogen-bond acceptors (Lipinski definition) is 3. The van der Waals surface area contributed by atoms with Gasteiger partial charge in [-0.15, -0.1) is 0 Å². The molecule has 4 heteroatoms. The molecule has 0 amide bonds. The standard InChI is InChI=1S/C15H21N3O/c1-2-18-14-6-4-3-5-12(14)13(17-18)10-15(19)8-7-11(16)9-15/h3-6,11,19H,2,7-10,16H2,1H3. The summed E-state index contributed by atoms with van der Waals surface area (Å²) in [5, 5.41) is 16.4. The highest BCUT2D eigenvalue weighted by Gasteiger charge is 2.36. The molecule has 2 aromatic rings. The van der Waals surface area contributed by atoms with Crippen molar-refractivity contribution in [2.75, 3.05) is 0 Å². The van der Waals surface area contributed by atoms with Crippen LogP contribution in [0.3, 0.4) is 0 Å². The fraction of sp³-hybridized carbons (Fsp3) is 0.533. The summed E-state index contributed by atoms with van der Waals surface area (Å²) in [6.07, 6.45) is 2.97. The van der Waals surface area contributed by atoms with Gasteiger partial charge in [0.25, 0.3) is 0 Å². The summed E-state index contributed by atoms with van der Waals surface area (Å²) in [4.78, 5) is 0. The second-order valence-electron chi connectivity index (χ2n) is 5.68. The van der Waals surface area contributed by atoms with Crippen molar-refractivity contribution in [3.63, 3.8) is 0 Å². The van der Waals surface area contributed by atoms with Crippen LogP contribution in [-0.4, -0.2) is 26.5 Å². The fourth-order valence-corrected chi connectivity index (χ4v) is 3.19. The first-order chi connectivity index (χ1) is 9.11. The Morgan fingerprint density at radius 3 is 2.95 bits per heavy atom. The summed E-state index contributed by atoms with van der Waals surface area (Å²) in [5.74, 6) is 0. The third-order valence-corrected chi connectivity index (χ3v) is 4.15. The molecular weight excluding hydrogens is 238 g/mol. The van der Waals surface area contributed by atoms with Crippen LogP contribution in [0.25, 0.3) is 10.9 Å². The summed E-state index contributed by atoms with van der Waals surface area (Å²) in [6.45, 7) is 2.93. The Balaban J connectivity index is 1.97. The highest BCUT2D eigenvalue weighted by atomic mass is 16.3. The van der Waals surface area contributed by atoms with E-state index in [9.17, 15) is 5.11 Å². The minimum Gasteiger partial charge on any atom is -0.389 e. The molecule has 1 heterocycles. The first-order valence-electron chi connectivity index (χ1n) is 7.04. The monoisotopic (exact) mass is 259 g/mol. The number of aromatic nitrogens is 2. The number of fused-ring (bicyclic) bond motifs is 1. The largest absolute Gasteiger partial charge is 0.389 e. The van der Waals surface area contributed by atoms with E-state index in [0.29, 0.717) is 12.8 Å². The lowest BCUT2D eigenvalue weighted by molar-refractivity contribution is 0.0460. The van der Waals surface area contributed by atoms with Gasteiger partial charge < -0.3 is 10.8 Å². The smallest absolute Gasteiger partial charge is 0.0732 e. The highest BCUT2D eigenvalue weighted by molar-refractivity contribution is 5.82. The predicted octanol–water partition coefficient (Wildman–Crippen LogP) is 1.84. The van der Waals surface area contributed by atoms with Crippen LogP contribution in [0, 0.1) is 0 Å². The average Bonchev–Trinajstić information content (AvgIpc) is 2.91. The van der Waals surface area contributed by atoms with E-state index in [1.54, 1.807) is 0 Å². The molecule has 2 atom stereocenters. The van der Waals surface area contributed by atoms with Crippen LogP contribution in [0.2, 0.25) is 0 Å². The highest BCUT2D eigenvalue weighted by Crippen LogP contribution is 2.33. The minimum atomic E-state index is -0.672. The molecular formula is C15H21N3O. The van der Waals surface area contributed by atoms with Gasteiger partial charge in [0.05, 0.1) is 16.8 Å². The number of nitrogens with two attached hydrogens (primary N) is 1. The molecule has 19 heavy (non-hydrogen) atoms. The quantitative estimate of drug-likeness (QED) is 0.884. The van der Waals surface area contributed by atoms with Gasteiger partial charge in [-0.25, -0.2) is 0 Å². The van der Waals surface area contributed by atoms with Crippen LogP contribution in [0.5, 0.6) is 0 Å². The molecule has 0 bridgehead atoms. The van der Waals surface area contributed by atoms with E-state index in [2.05, 4.69) is 24.2 Å². The van der Waals surface area contributed by atoms with E-state index in [4.69, 9.17) is 5.73 Å². The fourth-order valence-electron chi connectivity index (χ4n) is 3.19. The third kappa shape index (κ3) is 2.26. The van der Waals surface area contributed by atoms with Crippen LogP contribution < -0.4 is 5.73 Å². The van der Waals surface area contributed by atoms with Crippen molar-refractivity contribution in [1.29, 1.82) is 0 Å². The van der Waals surface area contributed by atoms with Gasteiger partial charge in [-0.3, -0.25) is 4.68 Å². The van der Waals surface area contributed by atoms with E-state index in [1.807, 2.05) is 16.8 Å². The zero-order valence-electron chi connectivity index (χ0n) is 11.3. The second-order valence-corrected chi connectivity index (χ2v) is 5.68. The van der Waals surface area contributed by atoms with Crippen molar-refractivity contribution < 1.29 is 5.11 Å². The molecule has 1 aliphatic carbocycles. The Morgan fingerprint density at radius 2 is 2.26 bits per heavy atom. The maximum atomic E-state index is 10.6. The predicted molar refractivity (Wildman–Crippen MR) is 75.9 cm³/mol. The maximum absolute atomic E-state index is 10.6. The Bertz CT molecular complexity index is 592. The van der Waals surface area contributed by atoms with E-state index in [1.165, 1.54) is 0 Å². The topological polar surface area (TPSA) is 64.1 Å².